The molecule has 0 bridgehead atoms. The Balaban J connectivity index is 2.39. The van der Waals surface area contributed by atoms with E-state index < -0.39 is 12.1 Å². The van der Waals surface area contributed by atoms with Crippen molar-refractivity contribution in [1.82, 2.24) is 0 Å². The summed E-state index contributed by atoms with van der Waals surface area (Å²) >= 11 is 0. The lowest BCUT2D eigenvalue weighted by Gasteiger charge is -2.32. The van der Waals surface area contributed by atoms with Gasteiger partial charge in [0.2, 0.25) is 0 Å². The van der Waals surface area contributed by atoms with Crippen LogP contribution in [0, 0.1) is 5.41 Å². The average molecular weight is 376 g/mol. The smallest absolute Gasteiger partial charge is 0.330 e. The number of epoxide rings is 1. The number of carbonyl (C=O) groups excluding carboxylic acids is 1. The van der Waals surface area contributed by atoms with E-state index >= 15 is 0 Å². The van der Waals surface area contributed by atoms with E-state index in [0.717, 1.165) is 19.1 Å². The van der Waals surface area contributed by atoms with Crippen LogP contribution in [0.15, 0.2) is 12.7 Å². The standard InChI is InChI=1S/C18H32O8/c1-4-17(20)26-8-15(19)7-22-11-18(5-2,13-24-14-21-6-3)12-23-9-16-10-25-16/h4,15-16,19H,1,5-14H2,2-3H3. The minimum absolute atomic E-state index is 0.0450. The van der Waals surface area contributed by atoms with Crippen LogP contribution in [0.1, 0.15) is 20.3 Å². The minimum Gasteiger partial charge on any atom is -0.460 e. The largest absolute Gasteiger partial charge is 0.460 e. The Labute approximate surface area is 155 Å². The maximum atomic E-state index is 11.0. The van der Waals surface area contributed by atoms with Crippen molar-refractivity contribution in [1.29, 1.82) is 0 Å². The second-order valence-electron chi connectivity index (χ2n) is 6.29. The first-order chi connectivity index (χ1) is 12.5. The highest BCUT2D eigenvalue weighted by Crippen LogP contribution is 2.25. The molecule has 26 heavy (non-hydrogen) atoms. The minimum atomic E-state index is -0.904. The van der Waals surface area contributed by atoms with Crippen molar-refractivity contribution in [2.24, 2.45) is 5.41 Å². The molecule has 1 aliphatic rings. The van der Waals surface area contributed by atoms with Crippen LogP contribution in [-0.2, 0) is 33.2 Å². The summed E-state index contributed by atoms with van der Waals surface area (Å²) in [7, 11) is 0. The third-order valence-electron chi connectivity index (χ3n) is 3.95. The Morgan fingerprint density at radius 3 is 2.54 bits per heavy atom. The van der Waals surface area contributed by atoms with Gasteiger partial charge < -0.3 is 33.5 Å². The van der Waals surface area contributed by atoms with Crippen LogP contribution in [0.5, 0.6) is 0 Å². The molecule has 0 aliphatic carbocycles. The van der Waals surface area contributed by atoms with Gasteiger partial charge in [0.15, 0.2) is 0 Å². The lowest BCUT2D eigenvalue weighted by atomic mass is 9.88. The Morgan fingerprint density at radius 2 is 1.92 bits per heavy atom. The van der Waals surface area contributed by atoms with Gasteiger partial charge in [-0.15, -0.1) is 0 Å². The maximum absolute atomic E-state index is 11.0. The summed E-state index contributed by atoms with van der Waals surface area (Å²) in [4.78, 5) is 11.0. The Bertz CT molecular complexity index is 399. The van der Waals surface area contributed by atoms with Crippen molar-refractivity contribution < 1.29 is 38.3 Å². The third kappa shape index (κ3) is 10.2. The van der Waals surface area contributed by atoms with E-state index in [1.807, 2.05) is 13.8 Å². The molecular weight excluding hydrogens is 344 g/mol. The van der Waals surface area contributed by atoms with Crippen molar-refractivity contribution >= 4 is 5.97 Å². The number of hydrogen-bond donors (Lipinski definition) is 1. The fourth-order valence-corrected chi connectivity index (χ4v) is 2.10. The first kappa shape index (κ1) is 23.0. The molecule has 0 saturated carbocycles. The molecule has 1 fully saturated rings. The zero-order valence-electron chi connectivity index (χ0n) is 15.8. The number of ether oxygens (including phenoxy) is 6. The van der Waals surface area contributed by atoms with Gasteiger partial charge in [-0.25, -0.2) is 4.79 Å². The van der Waals surface area contributed by atoms with Gasteiger partial charge in [-0.1, -0.05) is 13.5 Å². The van der Waals surface area contributed by atoms with Gasteiger partial charge in [-0.05, 0) is 13.3 Å². The predicted octanol–water partition coefficient (Wildman–Crippen LogP) is 0.916. The van der Waals surface area contributed by atoms with E-state index in [4.69, 9.17) is 28.4 Å². The molecule has 0 radical (unpaired) electrons. The SMILES string of the molecule is C=CC(=O)OCC(O)COCC(CC)(COCOCC)COCC1CO1. The van der Waals surface area contributed by atoms with Crippen LogP contribution in [-0.4, -0.2) is 82.9 Å². The molecule has 1 rings (SSSR count). The normalized spacial score (nSPS) is 19.6. The van der Waals surface area contributed by atoms with Gasteiger partial charge in [0.25, 0.3) is 0 Å². The van der Waals surface area contributed by atoms with E-state index in [1.165, 1.54) is 0 Å². The van der Waals surface area contributed by atoms with Gasteiger partial charge >= 0.3 is 5.97 Å². The molecule has 0 amide bonds. The first-order valence-corrected chi connectivity index (χ1v) is 8.95. The summed E-state index contributed by atoms with van der Waals surface area (Å²) in [6, 6.07) is 0. The van der Waals surface area contributed by atoms with Crippen LogP contribution in [0.25, 0.3) is 0 Å². The molecule has 152 valence electrons. The zero-order chi connectivity index (χ0) is 19.3. The molecular formula is C18H32O8. The Hall–Kier alpha value is -1.03. The Kier molecular flexibility index (Phi) is 11.7. The Morgan fingerprint density at radius 1 is 1.23 bits per heavy atom. The number of aliphatic hydroxyl groups excluding tert-OH is 1. The van der Waals surface area contributed by atoms with Crippen LogP contribution in [0.2, 0.25) is 0 Å². The predicted molar refractivity (Wildman–Crippen MR) is 93.7 cm³/mol. The van der Waals surface area contributed by atoms with Crippen molar-refractivity contribution in [3.63, 3.8) is 0 Å². The topological polar surface area (TPSA) is 96.0 Å². The fraction of sp³-hybridized carbons (Fsp3) is 0.833. The average Bonchev–Trinajstić information content (AvgIpc) is 3.47. The van der Waals surface area contributed by atoms with Crippen LogP contribution in [0.3, 0.4) is 0 Å². The second-order valence-corrected chi connectivity index (χ2v) is 6.29. The van der Waals surface area contributed by atoms with Crippen molar-refractivity contribution in [3.8, 4) is 0 Å². The van der Waals surface area contributed by atoms with E-state index in [-0.39, 0.29) is 31.5 Å². The summed E-state index contributed by atoms with van der Waals surface area (Å²) in [5.74, 6) is -0.577. The van der Waals surface area contributed by atoms with E-state index in [1.54, 1.807) is 0 Å². The third-order valence-corrected chi connectivity index (χ3v) is 3.95. The van der Waals surface area contributed by atoms with E-state index in [9.17, 15) is 9.90 Å². The maximum Gasteiger partial charge on any atom is 0.330 e. The van der Waals surface area contributed by atoms with Gasteiger partial charge in [0, 0.05) is 18.1 Å². The highest BCUT2D eigenvalue weighted by molar-refractivity contribution is 5.81. The van der Waals surface area contributed by atoms with Crippen molar-refractivity contribution in [2.75, 3.05) is 59.6 Å². The molecule has 8 nitrogen and oxygen atoms in total. The fourth-order valence-electron chi connectivity index (χ4n) is 2.10. The van der Waals surface area contributed by atoms with Gasteiger partial charge in [-0.2, -0.15) is 0 Å². The van der Waals surface area contributed by atoms with E-state index in [2.05, 4.69) is 6.58 Å². The molecule has 1 aliphatic heterocycles. The number of aliphatic hydroxyl groups is 1. The number of hydrogen-bond acceptors (Lipinski definition) is 8. The molecule has 0 aromatic carbocycles. The lowest BCUT2D eigenvalue weighted by molar-refractivity contribution is -0.143. The van der Waals surface area contributed by atoms with Crippen LogP contribution < -0.4 is 0 Å². The molecule has 0 spiro atoms. The summed E-state index contributed by atoms with van der Waals surface area (Å²) in [5.41, 5.74) is -0.358. The zero-order valence-corrected chi connectivity index (χ0v) is 15.8. The van der Waals surface area contributed by atoms with Crippen LogP contribution in [0.4, 0.5) is 0 Å². The summed E-state index contributed by atoms with van der Waals surface area (Å²) in [5, 5.41) is 9.83. The number of rotatable bonds is 17. The summed E-state index contributed by atoms with van der Waals surface area (Å²) < 4.78 is 32.1. The number of esters is 1. The molecule has 1 saturated heterocycles. The monoisotopic (exact) mass is 376 g/mol. The molecule has 0 aromatic heterocycles. The molecule has 3 unspecified atom stereocenters. The molecule has 3 atom stereocenters. The lowest BCUT2D eigenvalue weighted by Crippen LogP contribution is -2.38. The molecule has 0 aromatic rings. The van der Waals surface area contributed by atoms with Crippen LogP contribution >= 0.6 is 0 Å². The summed E-state index contributed by atoms with van der Waals surface area (Å²) in [6.07, 6.45) is 1.10. The molecule has 8 heteroatoms. The van der Waals surface area contributed by atoms with Gasteiger partial charge in [0.05, 0.1) is 39.6 Å². The summed E-state index contributed by atoms with van der Waals surface area (Å²) in [6.45, 7) is 10.4. The van der Waals surface area contributed by atoms with E-state index in [0.29, 0.717) is 33.0 Å². The van der Waals surface area contributed by atoms with Gasteiger partial charge in [-0.3, -0.25) is 0 Å². The second kappa shape index (κ2) is 13.2. The highest BCUT2D eigenvalue weighted by atomic mass is 16.7. The number of carbonyl (C=O) groups is 1. The molecule has 1 N–H and O–H groups in total. The van der Waals surface area contributed by atoms with Crippen molar-refractivity contribution in [2.45, 2.75) is 32.5 Å². The highest BCUT2D eigenvalue weighted by Gasteiger charge is 2.32. The quantitative estimate of drug-likeness (QED) is 0.132. The first-order valence-electron chi connectivity index (χ1n) is 8.95. The van der Waals surface area contributed by atoms with Gasteiger partial charge in [0.1, 0.15) is 25.6 Å². The molecule has 1 heterocycles. The van der Waals surface area contributed by atoms with Crippen molar-refractivity contribution in [3.05, 3.63) is 12.7 Å².